The molecule has 3 amide bonds. The molecule has 0 saturated carbocycles. The lowest BCUT2D eigenvalue weighted by molar-refractivity contribution is -0.125. The van der Waals surface area contributed by atoms with E-state index >= 15 is 0 Å². The summed E-state index contributed by atoms with van der Waals surface area (Å²) in [6.45, 7) is 0.0420. The molecule has 1 atom stereocenters. The molecule has 2 aliphatic rings. The zero-order valence-electron chi connectivity index (χ0n) is 15.5. The van der Waals surface area contributed by atoms with E-state index in [-0.39, 0.29) is 30.2 Å². The zero-order chi connectivity index (χ0) is 20.5. The first-order valence-corrected chi connectivity index (χ1v) is 9.37. The van der Waals surface area contributed by atoms with Crippen LogP contribution >= 0.6 is 0 Å². The van der Waals surface area contributed by atoms with E-state index in [1.54, 1.807) is 18.2 Å². The largest absolute Gasteiger partial charge is 0.350 e. The van der Waals surface area contributed by atoms with Crippen molar-refractivity contribution in [2.45, 2.75) is 25.4 Å². The third-order valence-corrected chi connectivity index (χ3v) is 5.28. The SMILES string of the molecule is O=C(CN1C(=O)[C@@H]2CCCN2C(=O)c2cc(F)ccc21)NCc1ccccc1F. The molecule has 1 N–H and O–H groups in total. The number of nitrogens with one attached hydrogen (secondary N) is 1. The molecule has 8 heteroatoms. The van der Waals surface area contributed by atoms with Gasteiger partial charge in [0.05, 0.1) is 11.3 Å². The van der Waals surface area contributed by atoms with E-state index < -0.39 is 29.5 Å². The van der Waals surface area contributed by atoms with Crippen molar-refractivity contribution in [3.63, 3.8) is 0 Å². The first kappa shape index (κ1) is 19.0. The standard InChI is InChI=1S/C21H19F2N3O3/c22-14-7-8-17-15(10-14)20(28)25-9-3-6-18(25)21(29)26(17)12-19(27)24-11-13-4-1-2-5-16(13)23/h1-2,4-5,7-8,10,18H,3,6,9,11-12H2,(H,24,27)/t18-/m0/s1. The average Bonchev–Trinajstić information content (AvgIpc) is 3.18. The fourth-order valence-corrected chi connectivity index (χ4v) is 3.83. The van der Waals surface area contributed by atoms with Gasteiger partial charge in [0.2, 0.25) is 11.8 Å². The van der Waals surface area contributed by atoms with Crippen molar-refractivity contribution >= 4 is 23.4 Å². The fraction of sp³-hybridized carbons (Fsp3) is 0.286. The molecule has 1 saturated heterocycles. The summed E-state index contributed by atoms with van der Waals surface area (Å²) >= 11 is 0. The van der Waals surface area contributed by atoms with E-state index in [9.17, 15) is 23.2 Å². The van der Waals surface area contributed by atoms with Crippen LogP contribution in [0.25, 0.3) is 0 Å². The summed E-state index contributed by atoms with van der Waals surface area (Å²) in [5.41, 5.74) is 0.587. The Morgan fingerprint density at radius 1 is 1.14 bits per heavy atom. The lowest BCUT2D eigenvalue weighted by Gasteiger charge is -2.25. The van der Waals surface area contributed by atoms with Crippen molar-refractivity contribution in [2.75, 3.05) is 18.0 Å². The number of carbonyl (C=O) groups excluding carboxylic acids is 3. The van der Waals surface area contributed by atoms with E-state index in [4.69, 9.17) is 0 Å². The molecule has 0 spiro atoms. The fourth-order valence-electron chi connectivity index (χ4n) is 3.83. The number of anilines is 1. The van der Waals surface area contributed by atoms with Crippen molar-refractivity contribution < 1.29 is 23.2 Å². The first-order valence-electron chi connectivity index (χ1n) is 9.37. The van der Waals surface area contributed by atoms with Crippen LogP contribution in [-0.4, -0.2) is 41.8 Å². The minimum absolute atomic E-state index is 0.0295. The Hall–Kier alpha value is -3.29. The summed E-state index contributed by atoms with van der Waals surface area (Å²) in [6, 6.07) is 8.98. The number of benzene rings is 2. The highest BCUT2D eigenvalue weighted by Gasteiger charge is 2.42. The van der Waals surface area contributed by atoms with Crippen LogP contribution in [0.1, 0.15) is 28.8 Å². The smallest absolute Gasteiger partial charge is 0.256 e. The molecule has 150 valence electrons. The Morgan fingerprint density at radius 2 is 1.93 bits per heavy atom. The molecule has 6 nitrogen and oxygen atoms in total. The van der Waals surface area contributed by atoms with Crippen molar-refractivity contribution in [2.24, 2.45) is 0 Å². The maximum atomic E-state index is 13.8. The number of nitrogens with zero attached hydrogens (tertiary/aromatic N) is 2. The Bertz CT molecular complexity index is 995. The van der Waals surface area contributed by atoms with Gasteiger partial charge in [0.15, 0.2) is 0 Å². The van der Waals surface area contributed by atoms with Crippen LogP contribution in [0.4, 0.5) is 14.5 Å². The number of halogens is 2. The molecular weight excluding hydrogens is 380 g/mol. The van der Waals surface area contributed by atoms with Crippen LogP contribution in [-0.2, 0) is 16.1 Å². The molecule has 2 aromatic rings. The molecule has 2 aliphatic heterocycles. The zero-order valence-corrected chi connectivity index (χ0v) is 15.5. The number of rotatable bonds is 4. The van der Waals surface area contributed by atoms with Gasteiger partial charge in [-0.1, -0.05) is 18.2 Å². The highest BCUT2D eigenvalue weighted by atomic mass is 19.1. The molecule has 1 fully saturated rings. The van der Waals surface area contributed by atoms with Gasteiger partial charge in [0.1, 0.15) is 24.2 Å². The summed E-state index contributed by atoms with van der Waals surface area (Å²) in [5.74, 6) is -2.32. The molecule has 0 radical (unpaired) electrons. The summed E-state index contributed by atoms with van der Waals surface area (Å²) in [5, 5.41) is 2.60. The Labute approximate surface area is 166 Å². The highest BCUT2D eigenvalue weighted by Crippen LogP contribution is 2.32. The summed E-state index contributed by atoms with van der Waals surface area (Å²) < 4.78 is 27.5. The second-order valence-corrected chi connectivity index (χ2v) is 7.11. The molecule has 0 aromatic heterocycles. The van der Waals surface area contributed by atoms with Crippen molar-refractivity contribution in [3.05, 3.63) is 65.2 Å². The van der Waals surface area contributed by atoms with Crippen molar-refractivity contribution in [3.8, 4) is 0 Å². The maximum absolute atomic E-state index is 13.8. The first-order chi connectivity index (χ1) is 14.0. The van der Waals surface area contributed by atoms with Gasteiger partial charge < -0.3 is 15.1 Å². The summed E-state index contributed by atoms with van der Waals surface area (Å²) in [6.07, 6.45) is 1.16. The number of amides is 3. The summed E-state index contributed by atoms with van der Waals surface area (Å²) in [7, 11) is 0. The quantitative estimate of drug-likeness (QED) is 0.857. The van der Waals surface area contributed by atoms with E-state index in [1.807, 2.05) is 0 Å². The normalized spacial score (nSPS) is 18.3. The minimum atomic E-state index is -0.669. The Kier molecular flexibility index (Phi) is 5.00. The molecular formula is C21H19F2N3O3. The number of hydrogen-bond donors (Lipinski definition) is 1. The highest BCUT2D eigenvalue weighted by molar-refractivity contribution is 6.12. The molecule has 29 heavy (non-hydrogen) atoms. The predicted molar refractivity (Wildman–Crippen MR) is 101 cm³/mol. The van der Waals surface area contributed by atoms with Crippen LogP contribution in [0.2, 0.25) is 0 Å². The topological polar surface area (TPSA) is 69.7 Å². The van der Waals surface area contributed by atoms with Crippen LogP contribution < -0.4 is 10.2 Å². The average molecular weight is 399 g/mol. The second kappa shape index (κ2) is 7.62. The molecule has 2 heterocycles. The molecule has 2 aromatic carbocycles. The van der Waals surface area contributed by atoms with Crippen LogP contribution in [0, 0.1) is 11.6 Å². The Morgan fingerprint density at radius 3 is 2.72 bits per heavy atom. The van der Waals surface area contributed by atoms with E-state index in [2.05, 4.69) is 5.32 Å². The van der Waals surface area contributed by atoms with Gasteiger partial charge in [-0.25, -0.2) is 8.78 Å². The second-order valence-electron chi connectivity index (χ2n) is 7.11. The van der Waals surface area contributed by atoms with Crippen molar-refractivity contribution in [1.29, 1.82) is 0 Å². The van der Waals surface area contributed by atoms with Crippen LogP contribution in [0.3, 0.4) is 0 Å². The van der Waals surface area contributed by atoms with Gasteiger partial charge >= 0.3 is 0 Å². The number of fused-ring (bicyclic) bond motifs is 2. The van der Waals surface area contributed by atoms with Gasteiger partial charge in [-0.05, 0) is 37.1 Å². The molecule has 0 bridgehead atoms. The monoisotopic (exact) mass is 399 g/mol. The lowest BCUT2D eigenvalue weighted by atomic mass is 10.1. The van der Waals surface area contributed by atoms with Crippen molar-refractivity contribution in [1.82, 2.24) is 10.2 Å². The van der Waals surface area contributed by atoms with E-state index in [0.717, 1.165) is 12.1 Å². The van der Waals surface area contributed by atoms with Gasteiger partial charge in [-0.2, -0.15) is 0 Å². The third-order valence-electron chi connectivity index (χ3n) is 5.28. The number of carbonyl (C=O) groups is 3. The predicted octanol–water partition coefficient (Wildman–Crippen LogP) is 2.23. The number of hydrogen-bond acceptors (Lipinski definition) is 3. The van der Waals surface area contributed by atoms with Gasteiger partial charge in [-0.15, -0.1) is 0 Å². The van der Waals surface area contributed by atoms with E-state index in [1.165, 1.54) is 21.9 Å². The minimum Gasteiger partial charge on any atom is -0.350 e. The molecule has 0 aliphatic carbocycles. The van der Waals surface area contributed by atoms with Gasteiger partial charge in [0.25, 0.3) is 5.91 Å². The van der Waals surface area contributed by atoms with Gasteiger partial charge in [0, 0.05) is 18.7 Å². The lowest BCUT2D eigenvalue weighted by Crippen LogP contribution is -2.48. The van der Waals surface area contributed by atoms with E-state index in [0.29, 0.717) is 24.9 Å². The third kappa shape index (κ3) is 3.57. The molecule has 4 rings (SSSR count). The van der Waals surface area contributed by atoms with Crippen LogP contribution in [0.5, 0.6) is 0 Å². The van der Waals surface area contributed by atoms with Gasteiger partial charge in [-0.3, -0.25) is 14.4 Å². The van der Waals surface area contributed by atoms with Crippen LogP contribution in [0.15, 0.2) is 42.5 Å². The maximum Gasteiger partial charge on any atom is 0.256 e. The summed E-state index contributed by atoms with van der Waals surface area (Å²) in [4.78, 5) is 41.1. The Balaban J connectivity index is 1.59. The molecule has 0 unspecified atom stereocenters.